The first-order valence-corrected chi connectivity index (χ1v) is 6.37. The Kier molecular flexibility index (Phi) is 3.43. The molecular weight excluding hydrogens is 279 g/mol. The van der Waals surface area contributed by atoms with Gasteiger partial charge in [-0.3, -0.25) is 0 Å². The lowest BCUT2D eigenvalue weighted by molar-refractivity contribution is 0.627. The third kappa shape index (κ3) is 2.67. The molecule has 3 aromatic rings. The fourth-order valence-electron chi connectivity index (χ4n) is 1.86. The molecule has 0 unspecified atom stereocenters. The highest BCUT2D eigenvalue weighted by atomic mass is 35.5. The Morgan fingerprint density at radius 1 is 1.10 bits per heavy atom. The van der Waals surface area contributed by atoms with Crippen LogP contribution in [0.25, 0.3) is 11.0 Å². The molecule has 2 aromatic heterocycles. The van der Waals surface area contributed by atoms with Crippen LogP contribution in [0.15, 0.2) is 42.6 Å². The van der Waals surface area contributed by atoms with Crippen molar-refractivity contribution in [1.29, 1.82) is 0 Å². The van der Waals surface area contributed by atoms with Gasteiger partial charge in [0.1, 0.15) is 11.6 Å². The summed E-state index contributed by atoms with van der Waals surface area (Å²) < 4.78 is 12.8. The van der Waals surface area contributed by atoms with Crippen molar-refractivity contribution in [3.05, 3.63) is 59.3 Å². The summed E-state index contributed by atoms with van der Waals surface area (Å²) in [4.78, 5) is 12.4. The lowest BCUT2D eigenvalue weighted by Gasteiger charge is -2.08. The highest BCUT2D eigenvalue weighted by Crippen LogP contribution is 2.20. The summed E-state index contributed by atoms with van der Waals surface area (Å²) in [5, 5.41) is 4.09. The summed E-state index contributed by atoms with van der Waals surface area (Å²) in [5.41, 5.74) is 1.48. The van der Waals surface area contributed by atoms with Gasteiger partial charge in [0.25, 0.3) is 0 Å². The Morgan fingerprint density at radius 3 is 2.70 bits per heavy atom. The number of pyridine rings is 1. The molecule has 6 heteroatoms. The van der Waals surface area contributed by atoms with E-state index in [4.69, 9.17) is 11.6 Å². The van der Waals surface area contributed by atoms with Gasteiger partial charge in [0, 0.05) is 12.7 Å². The maximum Gasteiger partial charge on any atom is 0.226 e. The van der Waals surface area contributed by atoms with E-state index in [-0.39, 0.29) is 11.1 Å². The molecule has 4 nitrogen and oxygen atoms in total. The van der Waals surface area contributed by atoms with Gasteiger partial charge in [0.15, 0.2) is 5.65 Å². The van der Waals surface area contributed by atoms with Crippen molar-refractivity contribution < 1.29 is 4.39 Å². The number of fused-ring (bicyclic) bond motifs is 1. The average Bonchev–Trinajstić information content (AvgIpc) is 2.46. The molecule has 1 N–H and O–H groups in total. The Morgan fingerprint density at radius 2 is 1.90 bits per heavy atom. The van der Waals surface area contributed by atoms with Gasteiger partial charge in [0.2, 0.25) is 5.28 Å². The maximum atomic E-state index is 12.8. The van der Waals surface area contributed by atoms with E-state index in [1.54, 1.807) is 18.3 Å². The average molecular weight is 289 g/mol. The van der Waals surface area contributed by atoms with Crippen LogP contribution in [0.3, 0.4) is 0 Å². The Hall–Kier alpha value is -2.27. The van der Waals surface area contributed by atoms with Gasteiger partial charge in [-0.2, -0.15) is 4.98 Å². The Bertz CT molecular complexity index is 746. The number of anilines is 1. The number of nitrogens with zero attached hydrogens (tertiary/aromatic N) is 3. The normalized spacial score (nSPS) is 10.7. The second kappa shape index (κ2) is 5.38. The molecule has 2 heterocycles. The fourth-order valence-corrected chi connectivity index (χ4v) is 2.02. The zero-order chi connectivity index (χ0) is 13.9. The van der Waals surface area contributed by atoms with Crippen molar-refractivity contribution in [2.45, 2.75) is 6.54 Å². The lowest BCUT2D eigenvalue weighted by atomic mass is 10.2. The number of nitrogens with one attached hydrogen (secondary N) is 1. The first kappa shape index (κ1) is 12.7. The van der Waals surface area contributed by atoms with Crippen molar-refractivity contribution >= 4 is 28.5 Å². The zero-order valence-corrected chi connectivity index (χ0v) is 11.1. The summed E-state index contributed by atoms with van der Waals surface area (Å²) in [6, 6.07) is 9.94. The van der Waals surface area contributed by atoms with E-state index in [0.29, 0.717) is 18.0 Å². The zero-order valence-electron chi connectivity index (χ0n) is 10.3. The monoisotopic (exact) mass is 288 g/mol. The Balaban J connectivity index is 1.88. The number of hydrogen-bond acceptors (Lipinski definition) is 4. The smallest absolute Gasteiger partial charge is 0.226 e. The van der Waals surface area contributed by atoms with E-state index >= 15 is 0 Å². The third-order valence-electron chi connectivity index (χ3n) is 2.82. The minimum Gasteiger partial charge on any atom is -0.365 e. The molecule has 0 spiro atoms. The number of hydrogen-bond donors (Lipinski definition) is 1. The number of halogens is 2. The highest BCUT2D eigenvalue weighted by Gasteiger charge is 2.06. The first-order chi connectivity index (χ1) is 9.72. The van der Waals surface area contributed by atoms with Crippen LogP contribution < -0.4 is 5.32 Å². The van der Waals surface area contributed by atoms with Crippen molar-refractivity contribution in [2.75, 3.05) is 5.32 Å². The maximum absolute atomic E-state index is 12.8. The molecule has 0 fully saturated rings. The third-order valence-corrected chi connectivity index (χ3v) is 2.99. The van der Waals surface area contributed by atoms with Crippen LogP contribution in [0.1, 0.15) is 5.56 Å². The minimum absolute atomic E-state index is 0.137. The quantitative estimate of drug-likeness (QED) is 0.750. The summed E-state index contributed by atoms with van der Waals surface area (Å²) in [6.45, 7) is 0.512. The van der Waals surface area contributed by atoms with Crippen LogP contribution in [-0.4, -0.2) is 15.0 Å². The summed E-state index contributed by atoms with van der Waals surface area (Å²) >= 11 is 5.87. The molecule has 3 rings (SSSR count). The van der Waals surface area contributed by atoms with E-state index in [9.17, 15) is 4.39 Å². The largest absolute Gasteiger partial charge is 0.365 e. The van der Waals surface area contributed by atoms with E-state index in [1.807, 2.05) is 12.1 Å². The van der Waals surface area contributed by atoms with E-state index in [1.165, 1.54) is 12.1 Å². The lowest BCUT2D eigenvalue weighted by Crippen LogP contribution is -2.03. The van der Waals surface area contributed by atoms with Crippen molar-refractivity contribution in [3.63, 3.8) is 0 Å². The fraction of sp³-hybridized carbons (Fsp3) is 0.0714. The second-order valence-corrected chi connectivity index (χ2v) is 4.53. The molecule has 0 aliphatic heterocycles. The summed E-state index contributed by atoms with van der Waals surface area (Å²) in [6.07, 6.45) is 1.65. The van der Waals surface area contributed by atoms with E-state index in [0.717, 1.165) is 10.9 Å². The Labute approximate surface area is 119 Å². The SMILES string of the molecule is Fc1ccc(CNc2nc(Cl)nc3ncccc23)cc1. The van der Waals surface area contributed by atoms with Gasteiger partial charge in [-0.1, -0.05) is 12.1 Å². The molecule has 1 aromatic carbocycles. The van der Waals surface area contributed by atoms with Crippen molar-refractivity contribution in [3.8, 4) is 0 Å². The van der Waals surface area contributed by atoms with Crippen LogP contribution in [0.2, 0.25) is 5.28 Å². The van der Waals surface area contributed by atoms with Crippen molar-refractivity contribution in [2.24, 2.45) is 0 Å². The van der Waals surface area contributed by atoms with Gasteiger partial charge in [-0.05, 0) is 41.4 Å². The van der Waals surface area contributed by atoms with Gasteiger partial charge in [0.05, 0.1) is 5.39 Å². The predicted molar refractivity (Wildman–Crippen MR) is 76.1 cm³/mol. The highest BCUT2D eigenvalue weighted by molar-refractivity contribution is 6.28. The van der Waals surface area contributed by atoms with E-state index < -0.39 is 0 Å². The first-order valence-electron chi connectivity index (χ1n) is 5.99. The number of benzene rings is 1. The number of aromatic nitrogens is 3. The molecule has 0 saturated heterocycles. The molecule has 0 amide bonds. The minimum atomic E-state index is -0.256. The molecule has 0 aliphatic rings. The van der Waals surface area contributed by atoms with Crippen LogP contribution >= 0.6 is 11.6 Å². The second-order valence-electron chi connectivity index (χ2n) is 4.20. The van der Waals surface area contributed by atoms with Gasteiger partial charge < -0.3 is 5.32 Å². The van der Waals surface area contributed by atoms with Gasteiger partial charge in [-0.25, -0.2) is 14.4 Å². The van der Waals surface area contributed by atoms with Crippen LogP contribution in [0.4, 0.5) is 10.2 Å². The van der Waals surface area contributed by atoms with Gasteiger partial charge >= 0.3 is 0 Å². The molecule has 0 aliphatic carbocycles. The molecule has 20 heavy (non-hydrogen) atoms. The van der Waals surface area contributed by atoms with Crippen LogP contribution in [0.5, 0.6) is 0 Å². The molecule has 100 valence electrons. The molecule has 0 bridgehead atoms. The van der Waals surface area contributed by atoms with E-state index in [2.05, 4.69) is 20.3 Å². The molecule has 0 radical (unpaired) electrons. The van der Waals surface area contributed by atoms with Crippen LogP contribution in [0, 0.1) is 5.82 Å². The van der Waals surface area contributed by atoms with Gasteiger partial charge in [-0.15, -0.1) is 0 Å². The summed E-state index contributed by atoms with van der Waals surface area (Å²) in [5.74, 6) is 0.353. The standard InChI is InChI=1S/C14H10ClFN4/c15-14-19-12-11(2-1-7-17-12)13(20-14)18-8-9-3-5-10(16)6-4-9/h1-7H,8H2,(H,17,18,19,20). The van der Waals surface area contributed by atoms with Crippen LogP contribution in [-0.2, 0) is 6.54 Å². The molecule has 0 saturated carbocycles. The predicted octanol–water partition coefficient (Wildman–Crippen LogP) is 3.43. The summed E-state index contributed by atoms with van der Waals surface area (Å²) in [7, 11) is 0. The molecular formula is C14H10ClFN4. The topological polar surface area (TPSA) is 50.7 Å². The number of rotatable bonds is 3. The molecule has 0 atom stereocenters. The van der Waals surface area contributed by atoms with Crippen molar-refractivity contribution in [1.82, 2.24) is 15.0 Å².